The van der Waals surface area contributed by atoms with E-state index < -0.39 is 0 Å². The molecule has 4 nitrogen and oxygen atoms in total. The standard InChI is InChI=1S/C15H20N2O2/c1-2-8-16-15(19)12-9-13(17-10-12)14(18)11-6-4-3-5-7-11/h3-7,12-13,17H,2,8-10H2,1H3,(H,16,19). The van der Waals surface area contributed by atoms with Crippen molar-refractivity contribution in [3.05, 3.63) is 35.9 Å². The molecule has 2 N–H and O–H groups in total. The lowest BCUT2D eigenvalue weighted by Crippen LogP contribution is -2.32. The molecule has 2 unspecified atom stereocenters. The number of amides is 1. The second-order valence-corrected chi connectivity index (χ2v) is 4.91. The van der Waals surface area contributed by atoms with Crippen molar-refractivity contribution >= 4 is 11.7 Å². The molecule has 0 saturated carbocycles. The zero-order valence-electron chi connectivity index (χ0n) is 11.2. The molecule has 2 atom stereocenters. The molecule has 0 spiro atoms. The molecule has 1 aromatic rings. The predicted octanol–water partition coefficient (Wildman–Crippen LogP) is 1.37. The van der Waals surface area contributed by atoms with Gasteiger partial charge in [0.15, 0.2) is 5.78 Å². The van der Waals surface area contributed by atoms with Gasteiger partial charge in [0.2, 0.25) is 5.91 Å². The van der Waals surface area contributed by atoms with Crippen LogP contribution in [0.3, 0.4) is 0 Å². The maximum atomic E-state index is 12.2. The quantitative estimate of drug-likeness (QED) is 0.786. The van der Waals surface area contributed by atoms with Crippen molar-refractivity contribution in [2.24, 2.45) is 5.92 Å². The highest BCUT2D eigenvalue weighted by molar-refractivity contribution is 6.00. The van der Waals surface area contributed by atoms with Gasteiger partial charge < -0.3 is 10.6 Å². The van der Waals surface area contributed by atoms with E-state index in [1.165, 1.54) is 0 Å². The number of carbonyl (C=O) groups is 2. The summed E-state index contributed by atoms with van der Waals surface area (Å²) in [6.45, 7) is 3.31. The van der Waals surface area contributed by atoms with Gasteiger partial charge in [-0.1, -0.05) is 37.3 Å². The van der Waals surface area contributed by atoms with Gasteiger partial charge in [-0.25, -0.2) is 0 Å². The fraction of sp³-hybridized carbons (Fsp3) is 0.467. The molecule has 1 heterocycles. The highest BCUT2D eigenvalue weighted by Gasteiger charge is 2.33. The Labute approximate surface area is 113 Å². The number of hydrogen-bond donors (Lipinski definition) is 2. The van der Waals surface area contributed by atoms with E-state index in [0.29, 0.717) is 25.1 Å². The van der Waals surface area contributed by atoms with Crippen LogP contribution in [0.2, 0.25) is 0 Å². The summed E-state index contributed by atoms with van der Waals surface area (Å²) in [4.78, 5) is 24.1. The summed E-state index contributed by atoms with van der Waals surface area (Å²) in [5.41, 5.74) is 0.703. The number of rotatable bonds is 5. The second kappa shape index (κ2) is 6.48. The van der Waals surface area contributed by atoms with Crippen LogP contribution in [0.4, 0.5) is 0 Å². The molecule has 4 heteroatoms. The van der Waals surface area contributed by atoms with Crippen molar-refractivity contribution in [1.29, 1.82) is 0 Å². The van der Waals surface area contributed by atoms with E-state index in [1.807, 2.05) is 37.3 Å². The van der Waals surface area contributed by atoms with Crippen LogP contribution < -0.4 is 10.6 Å². The molecular formula is C15H20N2O2. The Morgan fingerprint density at radius 1 is 1.32 bits per heavy atom. The van der Waals surface area contributed by atoms with Gasteiger partial charge in [-0.15, -0.1) is 0 Å². The minimum atomic E-state index is -0.236. The number of ketones is 1. The average molecular weight is 260 g/mol. The molecule has 1 saturated heterocycles. The molecule has 1 aromatic carbocycles. The van der Waals surface area contributed by atoms with E-state index in [9.17, 15) is 9.59 Å². The van der Waals surface area contributed by atoms with Crippen molar-refractivity contribution in [2.75, 3.05) is 13.1 Å². The van der Waals surface area contributed by atoms with Crippen LogP contribution in [0.5, 0.6) is 0 Å². The lowest BCUT2D eigenvalue weighted by atomic mass is 9.98. The number of nitrogens with one attached hydrogen (secondary N) is 2. The first kappa shape index (κ1) is 13.7. The zero-order valence-corrected chi connectivity index (χ0v) is 11.2. The van der Waals surface area contributed by atoms with Gasteiger partial charge in [-0.3, -0.25) is 9.59 Å². The fourth-order valence-corrected chi connectivity index (χ4v) is 2.33. The highest BCUT2D eigenvalue weighted by Crippen LogP contribution is 2.18. The average Bonchev–Trinajstić information content (AvgIpc) is 2.94. The Balaban J connectivity index is 1.91. The van der Waals surface area contributed by atoms with Crippen LogP contribution in [-0.4, -0.2) is 30.8 Å². The summed E-state index contributed by atoms with van der Waals surface area (Å²) in [6.07, 6.45) is 1.52. The molecule has 2 rings (SSSR count). The van der Waals surface area contributed by atoms with Gasteiger partial charge >= 0.3 is 0 Å². The van der Waals surface area contributed by atoms with Gasteiger partial charge in [-0.05, 0) is 12.8 Å². The number of hydrogen-bond acceptors (Lipinski definition) is 3. The van der Waals surface area contributed by atoms with E-state index in [-0.39, 0.29) is 23.7 Å². The van der Waals surface area contributed by atoms with Crippen LogP contribution in [0.25, 0.3) is 0 Å². The summed E-state index contributed by atoms with van der Waals surface area (Å²) in [7, 11) is 0. The van der Waals surface area contributed by atoms with Crippen molar-refractivity contribution in [3.8, 4) is 0 Å². The van der Waals surface area contributed by atoms with E-state index in [2.05, 4.69) is 10.6 Å². The molecule has 0 bridgehead atoms. The lowest BCUT2D eigenvalue weighted by Gasteiger charge is -2.10. The van der Waals surface area contributed by atoms with Crippen LogP contribution in [0.15, 0.2) is 30.3 Å². The summed E-state index contributed by atoms with van der Waals surface area (Å²) in [5, 5.41) is 6.04. The molecule has 102 valence electrons. The van der Waals surface area contributed by atoms with E-state index in [4.69, 9.17) is 0 Å². The zero-order chi connectivity index (χ0) is 13.7. The van der Waals surface area contributed by atoms with E-state index in [0.717, 1.165) is 6.42 Å². The molecule has 0 radical (unpaired) electrons. The Kier molecular flexibility index (Phi) is 4.68. The Morgan fingerprint density at radius 2 is 2.05 bits per heavy atom. The van der Waals surface area contributed by atoms with Crippen LogP contribution in [-0.2, 0) is 4.79 Å². The SMILES string of the molecule is CCCNC(=O)C1CNC(C(=O)c2ccccc2)C1. The molecule has 1 fully saturated rings. The molecule has 1 aliphatic heterocycles. The van der Waals surface area contributed by atoms with Crippen molar-refractivity contribution in [3.63, 3.8) is 0 Å². The molecule has 19 heavy (non-hydrogen) atoms. The molecule has 1 aliphatic rings. The largest absolute Gasteiger partial charge is 0.356 e. The smallest absolute Gasteiger partial charge is 0.224 e. The highest BCUT2D eigenvalue weighted by atomic mass is 16.2. The molecular weight excluding hydrogens is 240 g/mol. The first-order chi connectivity index (χ1) is 9.22. The summed E-state index contributed by atoms with van der Waals surface area (Å²) in [6, 6.07) is 8.99. The van der Waals surface area contributed by atoms with Crippen molar-refractivity contribution in [2.45, 2.75) is 25.8 Å². The Hall–Kier alpha value is -1.68. The third kappa shape index (κ3) is 3.41. The second-order valence-electron chi connectivity index (χ2n) is 4.91. The van der Waals surface area contributed by atoms with Crippen molar-refractivity contribution < 1.29 is 9.59 Å². The van der Waals surface area contributed by atoms with Gasteiger partial charge in [0, 0.05) is 18.7 Å². The summed E-state index contributed by atoms with van der Waals surface area (Å²) < 4.78 is 0. The molecule has 0 aliphatic carbocycles. The number of benzene rings is 1. The number of carbonyl (C=O) groups excluding carboxylic acids is 2. The Bertz CT molecular complexity index is 445. The van der Waals surface area contributed by atoms with Gasteiger partial charge in [0.25, 0.3) is 0 Å². The normalized spacial score (nSPS) is 22.2. The van der Waals surface area contributed by atoms with Crippen molar-refractivity contribution in [1.82, 2.24) is 10.6 Å². The first-order valence-electron chi connectivity index (χ1n) is 6.82. The minimum Gasteiger partial charge on any atom is -0.356 e. The molecule has 1 amide bonds. The first-order valence-corrected chi connectivity index (χ1v) is 6.82. The van der Waals surface area contributed by atoms with Crippen LogP contribution in [0.1, 0.15) is 30.1 Å². The van der Waals surface area contributed by atoms with E-state index in [1.54, 1.807) is 0 Å². The maximum absolute atomic E-state index is 12.2. The van der Waals surface area contributed by atoms with Gasteiger partial charge in [0.1, 0.15) is 0 Å². The predicted molar refractivity (Wildman–Crippen MR) is 74.0 cm³/mol. The third-order valence-electron chi connectivity index (χ3n) is 3.43. The monoisotopic (exact) mass is 260 g/mol. The minimum absolute atomic E-state index is 0.0534. The lowest BCUT2D eigenvalue weighted by molar-refractivity contribution is -0.124. The van der Waals surface area contributed by atoms with Gasteiger partial charge in [-0.2, -0.15) is 0 Å². The third-order valence-corrected chi connectivity index (χ3v) is 3.43. The van der Waals surface area contributed by atoms with Gasteiger partial charge in [0.05, 0.1) is 12.0 Å². The van der Waals surface area contributed by atoms with E-state index >= 15 is 0 Å². The summed E-state index contributed by atoms with van der Waals surface area (Å²) >= 11 is 0. The number of Topliss-reactive ketones (excluding diaryl/α,β-unsaturated/α-hetero) is 1. The topological polar surface area (TPSA) is 58.2 Å². The maximum Gasteiger partial charge on any atom is 0.224 e. The Morgan fingerprint density at radius 3 is 2.74 bits per heavy atom. The van der Waals surface area contributed by atoms with Crippen LogP contribution >= 0.6 is 0 Å². The van der Waals surface area contributed by atoms with Crippen LogP contribution in [0, 0.1) is 5.92 Å². The fourth-order valence-electron chi connectivity index (χ4n) is 2.33. The molecule has 0 aromatic heterocycles. The summed E-state index contributed by atoms with van der Waals surface area (Å²) in [5.74, 6) is 0.0355.